The van der Waals surface area contributed by atoms with E-state index in [1.165, 1.54) is 5.56 Å². The van der Waals surface area contributed by atoms with Gasteiger partial charge >= 0.3 is 0 Å². The molecule has 1 aromatic rings. The molecule has 1 aromatic carbocycles. The van der Waals surface area contributed by atoms with E-state index < -0.39 is 0 Å². The minimum atomic E-state index is 0.626. The number of nitrogens with two attached hydrogens (primary N) is 1. The SMILES string of the molecule is COCc1cc(CCCCN)cc(OC)c1. The van der Waals surface area contributed by atoms with Gasteiger partial charge in [0.05, 0.1) is 13.7 Å². The zero-order valence-electron chi connectivity index (χ0n) is 10.2. The summed E-state index contributed by atoms with van der Waals surface area (Å²) in [6, 6.07) is 6.26. The monoisotopic (exact) mass is 223 g/mol. The van der Waals surface area contributed by atoms with Crippen LogP contribution < -0.4 is 10.5 Å². The molecule has 0 aromatic heterocycles. The van der Waals surface area contributed by atoms with Crippen molar-refractivity contribution >= 4 is 0 Å². The second-order valence-electron chi connectivity index (χ2n) is 3.87. The van der Waals surface area contributed by atoms with Gasteiger partial charge in [-0.25, -0.2) is 0 Å². The van der Waals surface area contributed by atoms with Crippen molar-refractivity contribution in [1.82, 2.24) is 0 Å². The number of unbranched alkanes of at least 4 members (excludes halogenated alkanes) is 1. The zero-order chi connectivity index (χ0) is 11.8. The highest BCUT2D eigenvalue weighted by atomic mass is 16.5. The molecular weight excluding hydrogens is 202 g/mol. The minimum Gasteiger partial charge on any atom is -0.497 e. The Bertz CT molecular complexity index is 313. The first kappa shape index (κ1) is 13.0. The second kappa shape index (κ2) is 7.25. The van der Waals surface area contributed by atoms with E-state index in [0.29, 0.717) is 6.61 Å². The molecule has 0 heterocycles. The van der Waals surface area contributed by atoms with Gasteiger partial charge in [-0.2, -0.15) is 0 Å². The van der Waals surface area contributed by atoms with Gasteiger partial charge in [0.2, 0.25) is 0 Å². The Kier molecular flexibility index (Phi) is 5.90. The van der Waals surface area contributed by atoms with Gasteiger partial charge in [0.25, 0.3) is 0 Å². The van der Waals surface area contributed by atoms with Crippen LogP contribution in [0.25, 0.3) is 0 Å². The third-order valence-electron chi connectivity index (χ3n) is 2.49. The van der Waals surface area contributed by atoms with Crippen molar-refractivity contribution in [2.75, 3.05) is 20.8 Å². The summed E-state index contributed by atoms with van der Waals surface area (Å²) in [6.07, 6.45) is 3.23. The molecule has 3 nitrogen and oxygen atoms in total. The summed E-state index contributed by atoms with van der Waals surface area (Å²) in [6.45, 7) is 1.38. The third-order valence-corrected chi connectivity index (χ3v) is 2.49. The fourth-order valence-electron chi connectivity index (χ4n) is 1.71. The molecular formula is C13H21NO2. The molecule has 3 heteroatoms. The molecule has 0 saturated carbocycles. The fourth-order valence-corrected chi connectivity index (χ4v) is 1.71. The Labute approximate surface area is 97.6 Å². The highest BCUT2D eigenvalue weighted by Gasteiger charge is 2.01. The van der Waals surface area contributed by atoms with Crippen LogP contribution >= 0.6 is 0 Å². The van der Waals surface area contributed by atoms with Crippen molar-refractivity contribution in [3.8, 4) is 5.75 Å². The van der Waals surface area contributed by atoms with E-state index in [1.54, 1.807) is 14.2 Å². The van der Waals surface area contributed by atoms with E-state index in [1.807, 2.05) is 6.07 Å². The van der Waals surface area contributed by atoms with Crippen LogP contribution in [0.4, 0.5) is 0 Å². The van der Waals surface area contributed by atoms with Crippen LogP contribution in [0.15, 0.2) is 18.2 Å². The Balaban J connectivity index is 2.69. The summed E-state index contributed by atoms with van der Waals surface area (Å²) in [5.41, 5.74) is 7.93. The quantitative estimate of drug-likeness (QED) is 0.720. The van der Waals surface area contributed by atoms with E-state index in [2.05, 4.69) is 12.1 Å². The van der Waals surface area contributed by atoms with Crippen molar-refractivity contribution in [1.29, 1.82) is 0 Å². The molecule has 0 amide bonds. The van der Waals surface area contributed by atoms with Gasteiger partial charge in [-0.1, -0.05) is 6.07 Å². The Morgan fingerprint density at radius 2 is 1.81 bits per heavy atom. The number of benzene rings is 1. The summed E-state index contributed by atoms with van der Waals surface area (Å²) < 4.78 is 10.4. The van der Waals surface area contributed by atoms with Gasteiger partial charge in [-0.15, -0.1) is 0 Å². The number of hydrogen-bond acceptors (Lipinski definition) is 3. The summed E-state index contributed by atoms with van der Waals surface area (Å²) in [5, 5.41) is 0. The van der Waals surface area contributed by atoms with Crippen LogP contribution in [0.5, 0.6) is 5.75 Å². The molecule has 0 fully saturated rings. The van der Waals surface area contributed by atoms with Gasteiger partial charge in [0.1, 0.15) is 5.75 Å². The lowest BCUT2D eigenvalue weighted by Crippen LogP contribution is -2.00. The minimum absolute atomic E-state index is 0.626. The van der Waals surface area contributed by atoms with Gasteiger partial charge in [0.15, 0.2) is 0 Å². The maximum Gasteiger partial charge on any atom is 0.119 e. The highest BCUT2D eigenvalue weighted by Crippen LogP contribution is 2.19. The number of aryl methyl sites for hydroxylation is 1. The van der Waals surface area contributed by atoms with Crippen LogP contribution in [-0.2, 0) is 17.8 Å². The summed E-state index contributed by atoms with van der Waals surface area (Å²) >= 11 is 0. The first-order valence-electron chi connectivity index (χ1n) is 5.66. The standard InChI is InChI=1S/C13H21NO2/c1-15-10-12-7-11(5-3-4-6-14)8-13(9-12)16-2/h7-9H,3-6,10,14H2,1-2H3. The molecule has 0 aliphatic rings. The maximum atomic E-state index is 5.48. The predicted octanol–water partition coefficient (Wildman–Crippen LogP) is 2.12. The molecule has 0 radical (unpaired) electrons. The van der Waals surface area contributed by atoms with Crippen molar-refractivity contribution in [3.05, 3.63) is 29.3 Å². The van der Waals surface area contributed by atoms with Crippen LogP contribution in [-0.4, -0.2) is 20.8 Å². The Hall–Kier alpha value is -1.06. The summed E-state index contributed by atoms with van der Waals surface area (Å²) in [4.78, 5) is 0. The zero-order valence-corrected chi connectivity index (χ0v) is 10.2. The fraction of sp³-hybridized carbons (Fsp3) is 0.538. The van der Waals surface area contributed by atoms with E-state index in [9.17, 15) is 0 Å². The molecule has 0 unspecified atom stereocenters. The average Bonchev–Trinajstić information content (AvgIpc) is 2.29. The Morgan fingerprint density at radius 1 is 1.06 bits per heavy atom. The third kappa shape index (κ3) is 4.21. The number of ether oxygens (including phenoxy) is 2. The van der Waals surface area contributed by atoms with Crippen LogP contribution in [0.1, 0.15) is 24.0 Å². The lowest BCUT2D eigenvalue weighted by Gasteiger charge is -2.08. The molecule has 0 saturated heterocycles. The van der Waals surface area contributed by atoms with Gasteiger partial charge in [0, 0.05) is 7.11 Å². The highest BCUT2D eigenvalue weighted by molar-refractivity contribution is 5.34. The lowest BCUT2D eigenvalue weighted by molar-refractivity contribution is 0.184. The number of hydrogen-bond donors (Lipinski definition) is 1. The van der Waals surface area contributed by atoms with Gasteiger partial charge < -0.3 is 15.2 Å². The topological polar surface area (TPSA) is 44.5 Å². The van der Waals surface area contributed by atoms with E-state index in [4.69, 9.17) is 15.2 Å². The van der Waals surface area contributed by atoms with Crippen molar-refractivity contribution in [2.24, 2.45) is 5.73 Å². The predicted molar refractivity (Wildman–Crippen MR) is 65.7 cm³/mol. The molecule has 0 bridgehead atoms. The van der Waals surface area contributed by atoms with Crippen LogP contribution in [0.3, 0.4) is 0 Å². The molecule has 1 rings (SSSR count). The second-order valence-corrected chi connectivity index (χ2v) is 3.87. The van der Waals surface area contributed by atoms with E-state index in [-0.39, 0.29) is 0 Å². The average molecular weight is 223 g/mol. The summed E-state index contributed by atoms with van der Waals surface area (Å²) in [7, 11) is 3.39. The molecule has 0 spiro atoms. The van der Waals surface area contributed by atoms with Crippen LogP contribution in [0.2, 0.25) is 0 Å². The molecule has 0 aliphatic heterocycles. The molecule has 0 atom stereocenters. The molecule has 2 N–H and O–H groups in total. The van der Waals surface area contributed by atoms with Crippen molar-refractivity contribution in [3.63, 3.8) is 0 Å². The maximum absolute atomic E-state index is 5.48. The summed E-state index contributed by atoms with van der Waals surface area (Å²) in [5.74, 6) is 0.900. The number of rotatable bonds is 7. The van der Waals surface area contributed by atoms with E-state index >= 15 is 0 Å². The van der Waals surface area contributed by atoms with Crippen LogP contribution in [0, 0.1) is 0 Å². The van der Waals surface area contributed by atoms with Gasteiger partial charge in [-0.05, 0) is 49.1 Å². The Morgan fingerprint density at radius 3 is 2.44 bits per heavy atom. The molecule has 0 aliphatic carbocycles. The van der Waals surface area contributed by atoms with Crippen molar-refractivity contribution < 1.29 is 9.47 Å². The smallest absolute Gasteiger partial charge is 0.119 e. The molecule has 16 heavy (non-hydrogen) atoms. The first-order chi connectivity index (χ1) is 7.80. The largest absolute Gasteiger partial charge is 0.497 e. The first-order valence-corrected chi connectivity index (χ1v) is 5.66. The van der Waals surface area contributed by atoms with Crippen molar-refractivity contribution in [2.45, 2.75) is 25.9 Å². The molecule has 90 valence electrons. The normalized spacial score (nSPS) is 10.4. The lowest BCUT2D eigenvalue weighted by atomic mass is 10.0. The van der Waals surface area contributed by atoms with E-state index in [0.717, 1.165) is 37.1 Å². The number of methoxy groups -OCH3 is 2. The van der Waals surface area contributed by atoms with Gasteiger partial charge in [-0.3, -0.25) is 0 Å².